The second kappa shape index (κ2) is 5.83. The molecule has 0 aromatic carbocycles. The van der Waals surface area contributed by atoms with E-state index in [1.54, 1.807) is 0 Å². The minimum absolute atomic E-state index is 0.414. The van der Waals surface area contributed by atoms with Crippen molar-refractivity contribution in [1.82, 2.24) is 0 Å². The molecule has 0 radical (unpaired) electrons. The number of hydrogen-bond acceptors (Lipinski definition) is 1. The van der Waals surface area contributed by atoms with E-state index in [9.17, 15) is 4.79 Å². The van der Waals surface area contributed by atoms with Gasteiger partial charge in [-0.1, -0.05) is 44.9 Å². The summed E-state index contributed by atoms with van der Waals surface area (Å²) in [7, 11) is -0.952. The van der Waals surface area contributed by atoms with Crippen molar-refractivity contribution < 1.29 is 4.79 Å². The van der Waals surface area contributed by atoms with Crippen LogP contribution in [0.4, 0.5) is 0 Å². The monoisotopic (exact) mass is 226 g/mol. The van der Waals surface area contributed by atoms with E-state index >= 15 is 0 Å². The van der Waals surface area contributed by atoms with Crippen molar-refractivity contribution in [1.29, 1.82) is 0 Å². The van der Waals surface area contributed by atoms with E-state index < -0.39 is 8.07 Å². The fraction of sp³-hybridized carbons (Fsp3) is 0.923. The predicted octanol–water partition coefficient (Wildman–Crippen LogP) is 4.25. The zero-order valence-electron chi connectivity index (χ0n) is 10.6. The van der Waals surface area contributed by atoms with Crippen molar-refractivity contribution in [2.75, 3.05) is 0 Å². The third-order valence-corrected chi connectivity index (χ3v) is 5.21. The fourth-order valence-corrected chi connectivity index (χ4v) is 3.54. The largest absolute Gasteiger partial charge is 0.299 e. The van der Waals surface area contributed by atoms with Gasteiger partial charge in [-0.05, 0) is 19.3 Å². The summed E-state index contributed by atoms with van der Waals surface area (Å²) >= 11 is 0. The quantitative estimate of drug-likeness (QED) is 0.657. The summed E-state index contributed by atoms with van der Waals surface area (Å²) in [5, 5.41) is 0. The first-order chi connectivity index (χ1) is 6.99. The predicted molar refractivity (Wildman–Crippen MR) is 69.0 cm³/mol. The third kappa shape index (κ3) is 5.50. The van der Waals surface area contributed by atoms with Crippen molar-refractivity contribution in [3.8, 4) is 0 Å². The van der Waals surface area contributed by atoms with Gasteiger partial charge in [-0.3, -0.25) is 4.79 Å². The van der Waals surface area contributed by atoms with Gasteiger partial charge in [0.1, 0.15) is 5.78 Å². The molecule has 0 saturated heterocycles. The van der Waals surface area contributed by atoms with Gasteiger partial charge in [0, 0.05) is 20.4 Å². The topological polar surface area (TPSA) is 17.1 Å². The number of rotatable bonds is 3. The lowest BCUT2D eigenvalue weighted by Crippen LogP contribution is -2.24. The Balaban J connectivity index is 2.39. The van der Waals surface area contributed by atoms with E-state index in [1.165, 1.54) is 38.1 Å². The average Bonchev–Trinajstić information content (AvgIpc) is 2.09. The van der Waals surface area contributed by atoms with Crippen LogP contribution < -0.4 is 0 Å². The van der Waals surface area contributed by atoms with Crippen LogP contribution in [-0.2, 0) is 4.79 Å². The summed E-state index contributed by atoms with van der Waals surface area (Å²) in [6.07, 6.45) is 8.24. The van der Waals surface area contributed by atoms with Gasteiger partial charge < -0.3 is 0 Å². The lowest BCUT2D eigenvalue weighted by molar-refractivity contribution is -0.123. The first-order valence-corrected chi connectivity index (χ1v) is 10.2. The molecule has 0 spiro atoms. The van der Waals surface area contributed by atoms with Crippen molar-refractivity contribution in [2.45, 2.75) is 70.6 Å². The molecule has 0 aliphatic heterocycles. The summed E-state index contributed by atoms with van der Waals surface area (Å²) in [6.45, 7) is 7.21. The Hall–Kier alpha value is -0.113. The number of hydrogen-bond donors (Lipinski definition) is 0. The molecule has 1 aliphatic carbocycles. The highest BCUT2D eigenvalue weighted by molar-refractivity contribution is 6.76. The van der Waals surface area contributed by atoms with E-state index in [2.05, 4.69) is 19.6 Å². The first kappa shape index (κ1) is 13.0. The molecule has 1 saturated carbocycles. The zero-order valence-corrected chi connectivity index (χ0v) is 11.6. The van der Waals surface area contributed by atoms with Crippen molar-refractivity contribution in [2.24, 2.45) is 5.92 Å². The molecule has 0 bridgehead atoms. The molecule has 0 heterocycles. The second-order valence-electron chi connectivity index (χ2n) is 6.22. The third-order valence-electron chi connectivity index (χ3n) is 3.42. The molecule has 1 fully saturated rings. The molecule has 1 rings (SSSR count). The lowest BCUT2D eigenvalue weighted by Gasteiger charge is -2.22. The van der Waals surface area contributed by atoms with Crippen LogP contribution in [0.15, 0.2) is 0 Å². The summed E-state index contributed by atoms with van der Waals surface area (Å²) in [6, 6.07) is 1.32. The van der Waals surface area contributed by atoms with E-state index in [-0.39, 0.29) is 0 Å². The number of Topliss-reactive ketones (excluding diaryl/α,β-unsaturated/α-hetero) is 1. The molecule has 0 amide bonds. The Bertz CT molecular complexity index is 205. The van der Waals surface area contributed by atoms with Gasteiger partial charge in [-0.2, -0.15) is 0 Å². The van der Waals surface area contributed by atoms with Gasteiger partial charge in [0.15, 0.2) is 0 Å². The van der Waals surface area contributed by atoms with Crippen molar-refractivity contribution >= 4 is 13.9 Å². The molecule has 1 aliphatic rings. The molecule has 0 aromatic rings. The van der Waals surface area contributed by atoms with Gasteiger partial charge >= 0.3 is 0 Å². The Morgan fingerprint density at radius 1 is 1.13 bits per heavy atom. The molecule has 1 unspecified atom stereocenters. The first-order valence-electron chi connectivity index (χ1n) is 6.52. The highest BCUT2D eigenvalue weighted by Crippen LogP contribution is 2.26. The number of carbonyl (C=O) groups is 1. The summed E-state index contributed by atoms with van der Waals surface area (Å²) in [5.41, 5.74) is 0. The second-order valence-corrected chi connectivity index (χ2v) is 11.8. The molecular formula is C13H26OSi. The van der Waals surface area contributed by atoms with Crippen molar-refractivity contribution in [3.05, 3.63) is 0 Å². The van der Waals surface area contributed by atoms with Gasteiger partial charge in [-0.25, -0.2) is 0 Å². The molecule has 0 aromatic heterocycles. The average molecular weight is 226 g/mol. The summed E-state index contributed by atoms with van der Waals surface area (Å²) < 4.78 is 0. The normalized spacial score (nSPS) is 24.7. The Morgan fingerprint density at radius 2 is 1.80 bits per heavy atom. The minimum Gasteiger partial charge on any atom is -0.299 e. The van der Waals surface area contributed by atoms with Crippen LogP contribution in [0.3, 0.4) is 0 Å². The number of carbonyl (C=O) groups excluding carboxylic acids is 1. The standard InChI is InChI=1S/C13H26OSi/c1-15(2,3)11-10-12-8-6-4-5-7-9-13(12)14/h12H,4-11H2,1-3H3. The van der Waals surface area contributed by atoms with Gasteiger partial charge in [0.2, 0.25) is 0 Å². The fourth-order valence-electron chi connectivity index (χ4n) is 2.32. The molecule has 1 nitrogen and oxygen atoms in total. The van der Waals surface area contributed by atoms with Crippen LogP contribution in [0.25, 0.3) is 0 Å². The smallest absolute Gasteiger partial charge is 0.135 e. The molecular weight excluding hydrogens is 200 g/mol. The summed E-state index contributed by atoms with van der Waals surface area (Å²) in [5.74, 6) is 0.977. The Labute approximate surface area is 95.7 Å². The van der Waals surface area contributed by atoms with E-state index in [4.69, 9.17) is 0 Å². The summed E-state index contributed by atoms with van der Waals surface area (Å²) in [4.78, 5) is 11.9. The maximum absolute atomic E-state index is 11.9. The Morgan fingerprint density at radius 3 is 2.47 bits per heavy atom. The van der Waals surface area contributed by atoms with Gasteiger partial charge in [0.25, 0.3) is 0 Å². The SMILES string of the molecule is C[Si](C)(C)CCC1CCCCCCC1=O. The van der Waals surface area contributed by atoms with Gasteiger partial charge in [0.05, 0.1) is 0 Å². The molecule has 15 heavy (non-hydrogen) atoms. The maximum atomic E-state index is 11.9. The number of ketones is 1. The van der Waals surface area contributed by atoms with Crippen molar-refractivity contribution in [3.63, 3.8) is 0 Å². The van der Waals surface area contributed by atoms with Gasteiger partial charge in [-0.15, -0.1) is 0 Å². The highest BCUT2D eigenvalue weighted by atomic mass is 28.3. The Kier molecular flexibility index (Phi) is 5.04. The van der Waals surface area contributed by atoms with Crippen LogP contribution >= 0.6 is 0 Å². The lowest BCUT2D eigenvalue weighted by atomic mass is 9.88. The van der Waals surface area contributed by atoms with E-state index in [0.717, 1.165) is 12.8 Å². The molecule has 1 atom stereocenters. The molecule has 0 N–H and O–H groups in total. The van der Waals surface area contributed by atoms with Crippen LogP contribution in [0.5, 0.6) is 0 Å². The van der Waals surface area contributed by atoms with Crippen LogP contribution in [-0.4, -0.2) is 13.9 Å². The minimum atomic E-state index is -0.952. The maximum Gasteiger partial charge on any atom is 0.135 e. The van der Waals surface area contributed by atoms with Crippen LogP contribution in [0, 0.1) is 5.92 Å². The van der Waals surface area contributed by atoms with Crippen LogP contribution in [0.1, 0.15) is 44.9 Å². The van der Waals surface area contributed by atoms with Crippen LogP contribution in [0.2, 0.25) is 25.7 Å². The zero-order chi connectivity index (χ0) is 11.3. The molecule has 88 valence electrons. The van der Waals surface area contributed by atoms with E-state index in [1.807, 2.05) is 0 Å². The molecule has 2 heteroatoms. The highest BCUT2D eigenvalue weighted by Gasteiger charge is 2.22. The van der Waals surface area contributed by atoms with E-state index in [0.29, 0.717) is 11.7 Å².